The summed E-state index contributed by atoms with van der Waals surface area (Å²) in [6, 6.07) is 0. The van der Waals surface area contributed by atoms with Gasteiger partial charge in [0.15, 0.2) is 5.84 Å². The first-order valence-electron chi connectivity index (χ1n) is 6.49. The van der Waals surface area contributed by atoms with E-state index in [1.807, 2.05) is 6.92 Å². The van der Waals surface area contributed by atoms with Crippen LogP contribution in [0.5, 0.6) is 0 Å². The number of likely N-dealkylation sites (N-methyl/N-ethyl adjacent to an activating group) is 1. The smallest absolute Gasteiger partial charge is 0.239 e. The van der Waals surface area contributed by atoms with E-state index in [0.717, 1.165) is 12.8 Å². The Morgan fingerprint density at radius 3 is 2.47 bits per heavy atom. The van der Waals surface area contributed by atoms with E-state index in [2.05, 4.69) is 10.5 Å². The molecule has 7 heteroatoms. The van der Waals surface area contributed by atoms with Gasteiger partial charge >= 0.3 is 0 Å². The summed E-state index contributed by atoms with van der Waals surface area (Å²) in [6.45, 7) is 2.41. The molecule has 1 aliphatic carbocycles. The molecule has 0 spiro atoms. The lowest BCUT2D eigenvalue weighted by molar-refractivity contribution is -0.145. The maximum atomic E-state index is 12.6. The number of nitrogens with one attached hydrogen (secondary N) is 1. The number of carbonyl (C=O) groups is 2. The highest BCUT2D eigenvalue weighted by Crippen LogP contribution is 2.42. The van der Waals surface area contributed by atoms with Crippen molar-refractivity contribution in [2.75, 3.05) is 20.1 Å². The molecule has 1 aliphatic rings. The van der Waals surface area contributed by atoms with Gasteiger partial charge < -0.3 is 21.2 Å². The fourth-order valence-electron chi connectivity index (χ4n) is 2.28. The monoisotopic (exact) mass is 270 g/mol. The molecule has 0 bridgehead atoms. The SMILES string of the molecule is CCCN(CC(=O)NC)C(=O)C1(C(N)=NO)CCC1. The highest BCUT2D eigenvalue weighted by Gasteiger charge is 2.50. The van der Waals surface area contributed by atoms with Gasteiger partial charge in [-0.05, 0) is 19.3 Å². The van der Waals surface area contributed by atoms with Gasteiger partial charge in [-0.25, -0.2) is 0 Å². The zero-order chi connectivity index (χ0) is 14.5. The van der Waals surface area contributed by atoms with Crippen molar-refractivity contribution in [2.24, 2.45) is 16.3 Å². The Morgan fingerprint density at radius 1 is 1.47 bits per heavy atom. The van der Waals surface area contributed by atoms with E-state index < -0.39 is 5.41 Å². The van der Waals surface area contributed by atoms with Crippen LogP contribution < -0.4 is 11.1 Å². The molecule has 1 fully saturated rings. The Morgan fingerprint density at radius 2 is 2.11 bits per heavy atom. The van der Waals surface area contributed by atoms with Crippen molar-refractivity contribution >= 4 is 17.6 Å². The molecule has 2 amide bonds. The molecule has 7 nitrogen and oxygen atoms in total. The topological polar surface area (TPSA) is 108 Å². The van der Waals surface area contributed by atoms with Crippen molar-refractivity contribution in [2.45, 2.75) is 32.6 Å². The Hall–Kier alpha value is -1.79. The average molecular weight is 270 g/mol. The number of rotatable bonds is 6. The molecule has 1 rings (SSSR count). The van der Waals surface area contributed by atoms with E-state index in [9.17, 15) is 9.59 Å². The van der Waals surface area contributed by atoms with E-state index in [0.29, 0.717) is 19.4 Å². The van der Waals surface area contributed by atoms with Crippen LogP contribution in [0.3, 0.4) is 0 Å². The minimum Gasteiger partial charge on any atom is -0.409 e. The van der Waals surface area contributed by atoms with Crippen molar-refractivity contribution in [3.63, 3.8) is 0 Å². The molecule has 0 aromatic rings. The van der Waals surface area contributed by atoms with Crippen LogP contribution >= 0.6 is 0 Å². The number of oxime groups is 1. The lowest BCUT2D eigenvalue weighted by atomic mass is 9.66. The van der Waals surface area contributed by atoms with Gasteiger partial charge in [-0.1, -0.05) is 18.5 Å². The summed E-state index contributed by atoms with van der Waals surface area (Å²) in [6.07, 6.45) is 2.74. The van der Waals surface area contributed by atoms with Crippen LogP contribution in [0.2, 0.25) is 0 Å². The second-order valence-corrected chi connectivity index (χ2v) is 4.82. The molecular formula is C12H22N4O3. The number of hydrogen-bond acceptors (Lipinski definition) is 4. The minimum absolute atomic E-state index is 0.00360. The molecule has 108 valence electrons. The van der Waals surface area contributed by atoms with Gasteiger partial charge in [-0.15, -0.1) is 0 Å². The number of nitrogens with zero attached hydrogens (tertiary/aromatic N) is 2. The summed E-state index contributed by atoms with van der Waals surface area (Å²) < 4.78 is 0. The van der Waals surface area contributed by atoms with Gasteiger partial charge in [-0.3, -0.25) is 9.59 Å². The maximum Gasteiger partial charge on any atom is 0.239 e. The van der Waals surface area contributed by atoms with Crippen molar-refractivity contribution < 1.29 is 14.8 Å². The third-order valence-electron chi connectivity index (χ3n) is 3.61. The minimum atomic E-state index is -0.919. The molecule has 0 aromatic carbocycles. The lowest BCUT2D eigenvalue weighted by Crippen LogP contribution is -2.56. The second kappa shape index (κ2) is 6.40. The van der Waals surface area contributed by atoms with Crippen LogP contribution in [0, 0.1) is 5.41 Å². The quantitative estimate of drug-likeness (QED) is 0.271. The van der Waals surface area contributed by atoms with Gasteiger partial charge in [0.05, 0.1) is 6.54 Å². The summed E-state index contributed by atoms with van der Waals surface area (Å²) >= 11 is 0. The van der Waals surface area contributed by atoms with Crippen LogP contribution in [0.15, 0.2) is 5.16 Å². The fraction of sp³-hybridized carbons (Fsp3) is 0.750. The van der Waals surface area contributed by atoms with Crippen LogP contribution in [-0.2, 0) is 9.59 Å². The van der Waals surface area contributed by atoms with E-state index in [1.54, 1.807) is 0 Å². The van der Waals surface area contributed by atoms with Crippen LogP contribution in [0.1, 0.15) is 32.6 Å². The molecule has 0 heterocycles. The summed E-state index contributed by atoms with van der Waals surface area (Å²) in [5.74, 6) is -0.503. The molecule has 0 aliphatic heterocycles. The fourth-order valence-corrected chi connectivity index (χ4v) is 2.28. The van der Waals surface area contributed by atoms with Crippen molar-refractivity contribution in [3.8, 4) is 0 Å². The zero-order valence-corrected chi connectivity index (χ0v) is 11.5. The number of hydrogen-bond donors (Lipinski definition) is 3. The largest absolute Gasteiger partial charge is 0.409 e. The van der Waals surface area contributed by atoms with Gasteiger partial charge in [0.2, 0.25) is 11.8 Å². The first kappa shape index (κ1) is 15.3. The average Bonchev–Trinajstić information content (AvgIpc) is 2.36. The first-order valence-corrected chi connectivity index (χ1v) is 6.49. The predicted molar refractivity (Wildman–Crippen MR) is 70.6 cm³/mol. The van der Waals surface area contributed by atoms with Crippen molar-refractivity contribution in [1.82, 2.24) is 10.2 Å². The van der Waals surface area contributed by atoms with Gasteiger partial charge in [0.1, 0.15) is 5.41 Å². The van der Waals surface area contributed by atoms with Gasteiger partial charge in [0.25, 0.3) is 0 Å². The van der Waals surface area contributed by atoms with E-state index in [-0.39, 0.29) is 24.2 Å². The van der Waals surface area contributed by atoms with Crippen molar-refractivity contribution in [1.29, 1.82) is 0 Å². The number of carbonyl (C=O) groups excluding carboxylic acids is 2. The number of nitrogens with two attached hydrogens (primary N) is 1. The Labute approximate surface area is 112 Å². The first-order chi connectivity index (χ1) is 9.01. The third kappa shape index (κ3) is 2.97. The summed E-state index contributed by atoms with van der Waals surface area (Å²) in [7, 11) is 1.53. The Balaban J connectivity index is 2.88. The maximum absolute atomic E-state index is 12.6. The van der Waals surface area contributed by atoms with E-state index in [4.69, 9.17) is 10.9 Å². The molecule has 0 atom stereocenters. The van der Waals surface area contributed by atoms with Gasteiger partial charge in [-0.2, -0.15) is 0 Å². The Bertz CT molecular complexity index is 377. The van der Waals surface area contributed by atoms with Crippen molar-refractivity contribution in [3.05, 3.63) is 0 Å². The second-order valence-electron chi connectivity index (χ2n) is 4.82. The summed E-state index contributed by atoms with van der Waals surface area (Å²) in [4.78, 5) is 25.5. The predicted octanol–water partition coefficient (Wildman–Crippen LogP) is -0.112. The van der Waals surface area contributed by atoms with Crippen LogP contribution in [-0.4, -0.2) is 47.9 Å². The number of amides is 2. The summed E-state index contributed by atoms with van der Waals surface area (Å²) in [5, 5.41) is 14.3. The molecule has 19 heavy (non-hydrogen) atoms. The molecule has 0 saturated heterocycles. The highest BCUT2D eigenvalue weighted by molar-refractivity contribution is 6.08. The standard InChI is InChI=1S/C12H22N4O3/c1-3-7-16(8-9(17)14-2)11(18)12(5-4-6-12)10(13)15-19/h19H,3-8H2,1-2H3,(H2,13,15)(H,14,17). The number of amidine groups is 1. The van der Waals surface area contributed by atoms with E-state index in [1.165, 1.54) is 11.9 Å². The van der Waals surface area contributed by atoms with Crippen LogP contribution in [0.25, 0.3) is 0 Å². The Kier molecular flexibility index (Phi) is 5.14. The third-order valence-corrected chi connectivity index (χ3v) is 3.61. The highest BCUT2D eigenvalue weighted by atomic mass is 16.4. The zero-order valence-electron chi connectivity index (χ0n) is 11.5. The molecule has 4 N–H and O–H groups in total. The van der Waals surface area contributed by atoms with E-state index >= 15 is 0 Å². The molecule has 0 aromatic heterocycles. The normalized spacial score (nSPS) is 17.5. The molecule has 1 saturated carbocycles. The molecule has 0 radical (unpaired) electrons. The summed E-state index contributed by atoms with van der Waals surface area (Å²) in [5.41, 5.74) is 4.74. The molecular weight excluding hydrogens is 248 g/mol. The lowest BCUT2D eigenvalue weighted by Gasteiger charge is -2.42. The van der Waals surface area contributed by atoms with Crippen LogP contribution in [0.4, 0.5) is 0 Å². The molecule has 0 unspecified atom stereocenters. The van der Waals surface area contributed by atoms with Gasteiger partial charge in [0, 0.05) is 13.6 Å².